The normalized spacial score (nSPS) is 14.5. The van der Waals surface area contributed by atoms with Gasteiger partial charge in [-0.25, -0.2) is 9.48 Å². The van der Waals surface area contributed by atoms with E-state index in [-0.39, 0.29) is 23.6 Å². The Morgan fingerprint density at radius 2 is 1.76 bits per heavy atom. The molecule has 0 bridgehead atoms. The fourth-order valence-corrected chi connectivity index (χ4v) is 3.68. The van der Waals surface area contributed by atoms with Gasteiger partial charge in [0.2, 0.25) is 5.91 Å². The number of hydrogen-bond donors (Lipinski definition) is 1. The molecule has 1 amide bonds. The highest BCUT2D eigenvalue weighted by molar-refractivity contribution is 5.83. The van der Waals surface area contributed by atoms with E-state index in [0.29, 0.717) is 18.9 Å². The van der Waals surface area contributed by atoms with Gasteiger partial charge in [-0.05, 0) is 24.8 Å². The molecule has 150 valence electrons. The van der Waals surface area contributed by atoms with Crippen molar-refractivity contribution in [2.75, 3.05) is 6.54 Å². The van der Waals surface area contributed by atoms with Crippen LogP contribution in [0.1, 0.15) is 43.7 Å². The highest BCUT2D eigenvalue weighted by atomic mass is 16.2. The fraction of sp³-hybridized carbons (Fsp3) is 0.348. The predicted octanol–water partition coefficient (Wildman–Crippen LogP) is 3.36. The number of carbonyl (C=O) groups excluding carboxylic acids is 1. The van der Waals surface area contributed by atoms with Crippen molar-refractivity contribution < 1.29 is 4.79 Å². The van der Waals surface area contributed by atoms with Gasteiger partial charge in [0.25, 0.3) is 0 Å². The van der Waals surface area contributed by atoms with Gasteiger partial charge in [-0.2, -0.15) is 0 Å². The molecule has 4 rings (SSSR count). The third-order valence-corrected chi connectivity index (χ3v) is 5.36. The van der Waals surface area contributed by atoms with Crippen LogP contribution in [0.4, 0.5) is 0 Å². The van der Waals surface area contributed by atoms with Crippen molar-refractivity contribution in [1.82, 2.24) is 19.7 Å². The summed E-state index contributed by atoms with van der Waals surface area (Å²) in [4.78, 5) is 25.5. The average Bonchev–Trinajstić information content (AvgIpc) is 3.54. The van der Waals surface area contributed by atoms with Crippen molar-refractivity contribution in [3.63, 3.8) is 0 Å². The van der Waals surface area contributed by atoms with E-state index in [0.717, 1.165) is 30.4 Å². The molecule has 6 nitrogen and oxygen atoms in total. The van der Waals surface area contributed by atoms with Crippen molar-refractivity contribution in [3.05, 3.63) is 76.7 Å². The second-order valence-corrected chi connectivity index (χ2v) is 7.46. The van der Waals surface area contributed by atoms with E-state index in [2.05, 4.69) is 10.4 Å². The SMILES string of the molecule is CCC(C(=O)NCCn1nc(-c2ccccc2)n(C2CC2)c1=O)c1ccccc1. The van der Waals surface area contributed by atoms with Crippen LogP contribution in [0.3, 0.4) is 0 Å². The standard InChI is InChI=1S/C23H26N4O2/c1-2-20(17-9-5-3-6-10-17)22(28)24-15-16-26-23(29)27(19-13-14-19)21(25-26)18-11-7-4-8-12-18/h3-12,19-20H,2,13-16H2,1H3,(H,24,28). The van der Waals surface area contributed by atoms with Gasteiger partial charge in [-0.1, -0.05) is 67.6 Å². The lowest BCUT2D eigenvalue weighted by Gasteiger charge is -2.15. The Hall–Kier alpha value is -3.15. The minimum atomic E-state index is -0.183. The molecule has 3 aromatic rings. The molecule has 1 aromatic heterocycles. The van der Waals surface area contributed by atoms with Crippen molar-refractivity contribution in [3.8, 4) is 11.4 Å². The molecular formula is C23H26N4O2. The number of amides is 1. The summed E-state index contributed by atoms with van der Waals surface area (Å²) in [5.41, 5.74) is 1.85. The molecule has 29 heavy (non-hydrogen) atoms. The number of hydrogen-bond acceptors (Lipinski definition) is 3. The van der Waals surface area contributed by atoms with Gasteiger partial charge in [0, 0.05) is 18.2 Å². The van der Waals surface area contributed by atoms with Crippen LogP contribution in [0.15, 0.2) is 65.5 Å². The zero-order valence-corrected chi connectivity index (χ0v) is 16.6. The Kier molecular flexibility index (Phi) is 5.60. The summed E-state index contributed by atoms with van der Waals surface area (Å²) in [7, 11) is 0. The van der Waals surface area contributed by atoms with Crippen LogP contribution in [0.2, 0.25) is 0 Å². The molecule has 0 radical (unpaired) electrons. The smallest absolute Gasteiger partial charge is 0.346 e. The lowest BCUT2D eigenvalue weighted by molar-refractivity contribution is -0.122. The first-order valence-corrected chi connectivity index (χ1v) is 10.3. The van der Waals surface area contributed by atoms with Crippen LogP contribution >= 0.6 is 0 Å². The number of aromatic nitrogens is 3. The van der Waals surface area contributed by atoms with Crippen molar-refractivity contribution in [1.29, 1.82) is 0 Å². The summed E-state index contributed by atoms with van der Waals surface area (Å²) >= 11 is 0. The second kappa shape index (κ2) is 8.47. The van der Waals surface area contributed by atoms with Gasteiger partial charge < -0.3 is 5.32 Å². The molecule has 0 aliphatic heterocycles. The van der Waals surface area contributed by atoms with Crippen molar-refractivity contribution in [2.45, 2.75) is 44.7 Å². The maximum absolute atomic E-state index is 12.9. The number of carbonyl (C=O) groups is 1. The van der Waals surface area contributed by atoms with Crippen LogP contribution in [-0.4, -0.2) is 26.8 Å². The van der Waals surface area contributed by atoms with Crippen LogP contribution in [0.5, 0.6) is 0 Å². The number of rotatable bonds is 8. The summed E-state index contributed by atoms with van der Waals surface area (Å²) in [5, 5.41) is 7.55. The average molecular weight is 390 g/mol. The van der Waals surface area contributed by atoms with Crippen molar-refractivity contribution in [2.24, 2.45) is 0 Å². The van der Waals surface area contributed by atoms with Crippen LogP contribution in [0.25, 0.3) is 11.4 Å². The summed E-state index contributed by atoms with van der Waals surface area (Å²) < 4.78 is 3.28. The zero-order valence-electron chi connectivity index (χ0n) is 16.6. The molecule has 1 N–H and O–H groups in total. The molecule has 1 aliphatic rings. The molecule has 1 atom stereocenters. The van der Waals surface area contributed by atoms with Crippen molar-refractivity contribution >= 4 is 5.91 Å². The topological polar surface area (TPSA) is 68.9 Å². The van der Waals surface area contributed by atoms with Crippen LogP contribution in [-0.2, 0) is 11.3 Å². The summed E-state index contributed by atoms with van der Waals surface area (Å²) in [6, 6.07) is 19.8. The summed E-state index contributed by atoms with van der Waals surface area (Å²) in [6.45, 7) is 2.73. The second-order valence-electron chi connectivity index (χ2n) is 7.46. The Balaban J connectivity index is 1.46. The maximum atomic E-state index is 12.9. The first-order chi connectivity index (χ1) is 14.2. The highest BCUT2D eigenvalue weighted by Gasteiger charge is 2.30. The molecule has 1 aliphatic carbocycles. The molecule has 0 saturated heterocycles. The molecule has 1 heterocycles. The molecule has 6 heteroatoms. The predicted molar refractivity (Wildman–Crippen MR) is 113 cm³/mol. The Bertz CT molecular complexity index is 1020. The van der Waals surface area contributed by atoms with E-state index >= 15 is 0 Å². The number of nitrogens with zero attached hydrogens (tertiary/aromatic N) is 3. The largest absolute Gasteiger partial charge is 0.354 e. The molecular weight excluding hydrogens is 364 g/mol. The van der Waals surface area contributed by atoms with Gasteiger partial charge in [0.15, 0.2) is 5.82 Å². The van der Waals surface area contributed by atoms with Gasteiger partial charge >= 0.3 is 5.69 Å². The number of nitrogens with one attached hydrogen (secondary N) is 1. The first kappa shape index (κ1) is 19.2. The summed E-state index contributed by atoms with van der Waals surface area (Å²) in [5.74, 6) is 0.508. The minimum absolute atomic E-state index is 0.0170. The Morgan fingerprint density at radius 1 is 1.10 bits per heavy atom. The van der Waals surface area contributed by atoms with Gasteiger partial charge in [-0.15, -0.1) is 5.10 Å². The van der Waals surface area contributed by atoms with Gasteiger partial charge in [0.1, 0.15) is 0 Å². The quantitative estimate of drug-likeness (QED) is 0.641. The van der Waals surface area contributed by atoms with E-state index in [1.165, 1.54) is 4.68 Å². The fourth-order valence-electron chi connectivity index (χ4n) is 3.68. The Morgan fingerprint density at radius 3 is 2.38 bits per heavy atom. The monoisotopic (exact) mass is 390 g/mol. The molecule has 2 aromatic carbocycles. The lowest BCUT2D eigenvalue weighted by Crippen LogP contribution is -2.34. The van der Waals surface area contributed by atoms with Crippen LogP contribution in [0, 0.1) is 0 Å². The van der Waals surface area contributed by atoms with Gasteiger partial charge in [0.05, 0.1) is 12.5 Å². The molecule has 1 saturated carbocycles. The summed E-state index contributed by atoms with van der Waals surface area (Å²) in [6.07, 6.45) is 2.75. The maximum Gasteiger partial charge on any atom is 0.346 e. The zero-order chi connectivity index (χ0) is 20.2. The van der Waals surface area contributed by atoms with Gasteiger partial charge in [-0.3, -0.25) is 9.36 Å². The Labute approximate surface area is 170 Å². The first-order valence-electron chi connectivity index (χ1n) is 10.3. The van der Waals surface area contributed by atoms with E-state index < -0.39 is 0 Å². The molecule has 1 unspecified atom stereocenters. The third-order valence-electron chi connectivity index (χ3n) is 5.36. The number of benzene rings is 2. The third kappa shape index (κ3) is 4.16. The van der Waals surface area contributed by atoms with Crippen LogP contribution < -0.4 is 11.0 Å². The van der Waals surface area contributed by atoms with E-state index in [4.69, 9.17) is 0 Å². The van der Waals surface area contributed by atoms with E-state index in [1.807, 2.05) is 67.6 Å². The van der Waals surface area contributed by atoms with E-state index in [9.17, 15) is 9.59 Å². The minimum Gasteiger partial charge on any atom is -0.354 e. The lowest BCUT2D eigenvalue weighted by atomic mass is 9.96. The molecule has 0 spiro atoms. The molecule has 1 fully saturated rings. The highest BCUT2D eigenvalue weighted by Crippen LogP contribution is 2.36. The van der Waals surface area contributed by atoms with E-state index in [1.54, 1.807) is 4.57 Å².